The molecule has 0 aliphatic carbocycles. The van der Waals surface area contributed by atoms with E-state index in [0.717, 1.165) is 19.3 Å². The van der Waals surface area contributed by atoms with Crippen molar-refractivity contribution >= 4 is 11.9 Å². The van der Waals surface area contributed by atoms with Crippen LogP contribution in [0.5, 0.6) is 0 Å². The molecule has 0 radical (unpaired) electrons. The second kappa shape index (κ2) is 11.2. The third kappa shape index (κ3) is 11.0. The Bertz CT molecular complexity index is 229. The van der Waals surface area contributed by atoms with Gasteiger partial charge < -0.3 is 14.3 Å². The summed E-state index contributed by atoms with van der Waals surface area (Å²) < 4.78 is 9.91. The first-order valence-electron chi connectivity index (χ1n) is 6.15. The fourth-order valence-electron chi connectivity index (χ4n) is 1.22. The summed E-state index contributed by atoms with van der Waals surface area (Å²) in [5.74, 6) is 0.414. The molecule has 0 spiro atoms. The number of carbonyl (C=O) groups is 1. The first-order chi connectivity index (χ1) is 8.20. The number of rotatable bonds is 9. The van der Waals surface area contributed by atoms with E-state index < -0.39 is 0 Å². The van der Waals surface area contributed by atoms with E-state index in [0.29, 0.717) is 32.1 Å². The first-order valence-corrected chi connectivity index (χ1v) is 6.15. The Balaban J connectivity index is 3.29. The molecule has 100 valence electrons. The summed E-state index contributed by atoms with van der Waals surface area (Å²) in [6.45, 7) is 7.06. The van der Waals surface area contributed by atoms with Gasteiger partial charge in [0.05, 0.1) is 13.2 Å². The molecular weight excluding hydrogens is 222 g/mol. The van der Waals surface area contributed by atoms with Crippen molar-refractivity contribution in [3.63, 3.8) is 0 Å². The number of ether oxygens (including phenoxy) is 2. The average molecular weight is 245 g/mol. The molecule has 0 atom stereocenters. The Hall–Kier alpha value is -1.26. The van der Waals surface area contributed by atoms with Gasteiger partial charge in [0.25, 0.3) is 0 Å². The number of esters is 1. The van der Waals surface area contributed by atoms with E-state index in [1.165, 1.54) is 0 Å². The van der Waals surface area contributed by atoms with Crippen molar-refractivity contribution in [1.82, 2.24) is 0 Å². The predicted molar refractivity (Wildman–Crippen MR) is 65.8 cm³/mol. The highest BCUT2D eigenvalue weighted by Crippen LogP contribution is 2.02. The molecule has 0 aromatic rings. The highest BCUT2D eigenvalue weighted by Gasteiger charge is 2.00. The van der Waals surface area contributed by atoms with Crippen molar-refractivity contribution < 1.29 is 19.1 Å². The zero-order valence-corrected chi connectivity index (χ0v) is 11.0. The van der Waals surface area contributed by atoms with Gasteiger partial charge in [-0.2, -0.15) is 0 Å². The number of hydrogen-bond acceptors (Lipinski definition) is 5. The Morgan fingerprint density at radius 2 is 1.76 bits per heavy atom. The van der Waals surface area contributed by atoms with E-state index in [1.807, 2.05) is 13.8 Å². The molecule has 0 saturated carbocycles. The fraction of sp³-hybridized carbons (Fsp3) is 0.833. The van der Waals surface area contributed by atoms with Gasteiger partial charge in [0.2, 0.25) is 5.90 Å². The Labute approximate surface area is 103 Å². The Morgan fingerprint density at radius 3 is 2.41 bits per heavy atom. The second-order valence-corrected chi connectivity index (χ2v) is 3.49. The Morgan fingerprint density at radius 1 is 1.06 bits per heavy atom. The summed E-state index contributed by atoms with van der Waals surface area (Å²) in [5.41, 5.74) is 0. The monoisotopic (exact) mass is 245 g/mol. The minimum absolute atomic E-state index is 0.126. The number of oxime groups is 1. The van der Waals surface area contributed by atoms with E-state index in [9.17, 15) is 4.79 Å². The minimum Gasteiger partial charge on any atom is -0.479 e. The summed E-state index contributed by atoms with van der Waals surface area (Å²) in [4.78, 5) is 16.1. The number of carbonyl (C=O) groups excluding carboxylic acids is 1. The number of hydrogen-bond donors (Lipinski definition) is 0. The van der Waals surface area contributed by atoms with E-state index in [-0.39, 0.29) is 5.97 Å². The van der Waals surface area contributed by atoms with Gasteiger partial charge in [0.15, 0.2) is 0 Å². The standard InChI is InChI=1S/C12H23NO4/c1-4-15-11(3)13-17-10-8-6-7-9-12(14)16-5-2/h4-10H2,1-3H3/b13-11-. The van der Waals surface area contributed by atoms with Crippen LogP contribution < -0.4 is 0 Å². The summed E-state index contributed by atoms with van der Waals surface area (Å²) in [6, 6.07) is 0. The summed E-state index contributed by atoms with van der Waals surface area (Å²) in [7, 11) is 0. The van der Waals surface area contributed by atoms with Gasteiger partial charge in [-0.25, -0.2) is 0 Å². The molecule has 0 bridgehead atoms. The molecule has 17 heavy (non-hydrogen) atoms. The van der Waals surface area contributed by atoms with Gasteiger partial charge in [0, 0.05) is 13.3 Å². The fourth-order valence-corrected chi connectivity index (χ4v) is 1.22. The molecule has 0 aliphatic heterocycles. The van der Waals surface area contributed by atoms with Crippen molar-refractivity contribution in [3.8, 4) is 0 Å². The lowest BCUT2D eigenvalue weighted by Gasteiger charge is -2.03. The van der Waals surface area contributed by atoms with Crippen LogP contribution in [0.1, 0.15) is 46.5 Å². The second-order valence-electron chi connectivity index (χ2n) is 3.49. The third-order valence-electron chi connectivity index (χ3n) is 1.97. The van der Waals surface area contributed by atoms with E-state index >= 15 is 0 Å². The van der Waals surface area contributed by atoms with Crippen LogP contribution in [-0.4, -0.2) is 31.7 Å². The zero-order chi connectivity index (χ0) is 12.9. The molecule has 0 aromatic heterocycles. The van der Waals surface area contributed by atoms with Crippen LogP contribution in [-0.2, 0) is 19.1 Å². The molecule has 0 rings (SSSR count). The van der Waals surface area contributed by atoms with Crippen molar-refractivity contribution in [2.24, 2.45) is 5.16 Å². The molecule has 5 heteroatoms. The lowest BCUT2D eigenvalue weighted by Crippen LogP contribution is -2.03. The van der Waals surface area contributed by atoms with Gasteiger partial charge in [-0.1, -0.05) is 5.16 Å². The van der Waals surface area contributed by atoms with E-state index in [1.54, 1.807) is 6.92 Å². The molecule has 5 nitrogen and oxygen atoms in total. The van der Waals surface area contributed by atoms with Gasteiger partial charge >= 0.3 is 5.97 Å². The zero-order valence-electron chi connectivity index (χ0n) is 11.0. The molecule has 0 heterocycles. The molecule has 0 aromatic carbocycles. The summed E-state index contributed by atoms with van der Waals surface area (Å²) in [5, 5.41) is 3.78. The van der Waals surface area contributed by atoms with Gasteiger partial charge in [-0.15, -0.1) is 0 Å². The largest absolute Gasteiger partial charge is 0.479 e. The summed E-state index contributed by atoms with van der Waals surface area (Å²) >= 11 is 0. The molecule has 0 fully saturated rings. The summed E-state index contributed by atoms with van der Waals surface area (Å²) in [6.07, 6.45) is 3.12. The number of unbranched alkanes of at least 4 members (excludes halogenated alkanes) is 2. The predicted octanol–water partition coefficient (Wildman–Crippen LogP) is 2.50. The number of nitrogens with zero attached hydrogens (tertiary/aromatic N) is 1. The molecule has 0 aliphatic rings. The third-order valence-corrected chi connectivity index (χ3v) is 1.97. The Kier molecular flexibility index (Phi) is 10.4. The molecule has 0 N–H and O–H groups in total. The topological polar surface area (TPSA) is 57.1 Å². The molecule has 0 saturated heterocycles. The molecule has 0 amide bonds. The van der Waals surface area contributed by atoms with Crippen molar-refractivity contribution in [2.45, 2.75) is 46.5 Å². The lowest BCUT2D eigenvalue weighted by atomic mass is 10.2. The van der Waals surface area contributed by atoms with Crippen LogP contribution in [0.3, 0.4) is 0 Å². The van der Waals surface area contributed by atoms with Crippen molar-refractivity contribution in [3.05, 3.63) is 0 Å². The van der Waals surface area contributed by atoms with Crippen LogP contribution >= 0.6 is 0 Å². The average Bonchev–Trinajstić information content (AvgIpc) is 2.28. The van der Waals surface area contributed by atoms with Crippen LogP contribution in [0.25, 0.3) is 0 Å². The molecule has 0 unspecified atom stereocenters. The highest BCUT2D eigenvalue weighted by atomic mass is 16.6. The smallest absolute Gasteiger partial charge is 0.305 e. The first kappa shape index (κ1) is 15.7. The highest BCUT2D eigenvalue weighted by molar-refractivity contribution is 5.72. The molecular formula is C12H23NO4. The maximum absolute atomic E-state index is 11.0. The maximum Gasteiger partial charge on any atom is 0.305 e. The normalized spacial score (nSPS) is 11.1. The van der Waals surface area contributed by atoms with E-state index in [4.69, 9.17) is 14.3 Å². The quantitative estimate of drug-likeness (QED) is 0.206. The minimum atomic E-state index is -0.126. The van der Waals surface area contributed by atoms with Crippen molar-refractivity contribution in [2.75, 3.05) is 19.8 Å². The van der Waals surface area contributed by atoms with Crippen LogP contribution in [0, 0.1) is 0 Å². The maximum atomic E-state index is 11.0. The van der Waals surface area contributed by atoms with Gasteiger partial charge in [0.1, 0.15) is 6.61 Å². The van der Waals surface area contributed by atoms with Gasteiger partial charge in [-0.3, -0.25) is 4.79 Å². The van der Waals surface area contributed by atoms with Crippen LogP contribution in [0.15, 0.2) is 5.16 Å². The van der Waals surface area contributed by atoms with Crippen LogP contribution in [0.2, 0.25) is 0 Å². The lowest BCUT2D eigenvalue weighted by molar-refractivity contribution is -0.143. The van der Waals surface area contributed by atoms with E-state index in [2.05, 4.69) is 5.16 Å². The SMILES string of the molecule is CCOC(=O)CCCCCO/N=C(/C)OCC. The van der Waals surface area contributed by atoms with Gasteiger partial charge in [-0.05, 0) is 33.1 Å². The van der Waals surface area contributed by atoms with Crippen molar-refractivity contribution in [1.29, 1.82) is 0 Å². The van der Waals surface area contributed by atoms with Crippen LogP contribution in [0.4, 0.5) is 0 Å².